The van der Waals surface area contributed by atoms with Gasteiger partial charge in [-0.3, -0.25) is 4.79 Å². The number of carbonyl (C=O) groups is 1. The Morgan fingerprint density at radius 2 is 1.54 bits per heavy atom. The highest BCUT2D eigenvalue weighted by Crippen LogP contribution is 2.21. The maximum atomic E-state index is 12.4. The Labute approximate surface area is 167 Å². The number of nitrogens with one attached hydrogen (secondary N) is 1. The molecule has 0 radical (unpaired) electrons. The van der Waals surface area contributed by atoms with Gasteiger partial charge in [-0.05, 0) is 49.1 Å². The van der Waals surface area contributed by atoms with Crippen LogP contribution in [0, 0.1) is 0 Å². The van der Waals surface area contributed by atoms with Crippen LogP contribution in [-0.2, 0) is 21.2 Å². The number of hydrogen-bond donors (Lipinski definition) is 1. The van der Waals surface area contributed by atoms with E-state index in [9.17, 15) is 13.2 Å². The summed E-state index contributed by atoms with van der Waals surface area (Å²) in [7, 11) is -3.48. The first-order valence-electron chi connectivity index (χ1n) is 9.95. The molecule has 1 heterocycles. The van der Waals surface area contributed by atoms with Crippen LogP contribution < -0.4 is 9.62 Å². The lowest BCUT2D eigenvalue weighted by Gasteiger charge is -2.28. The zero-order valence-electron chi connectivity index (χ0n) is 16.1. The van der Waals surface area contributed by atoms with Gasteiger partial charge in [-0.2, -0.15) is 0 Å². The summed E-state index contributed by atoms with van der Waals surface area (Å²) in [5.41, 5.74) is 2.29. The highest BCUT2D eigenvalue weighted by atomic mass is 32.2. The van der Waals surface area contributed by atoms with E-state index >= 15 is 0 Å². The summed E-state index contributed by atoms with van der Waals surface area (Å²) in [5, 5.41) is 0. The standard InChI is InChI=1S/C22H28N2O3S/c25-21-14-17-24(18-15-21)20-10-12-22(13-11-20)28(26,27)23-16-6-2-5-9-19-7-3-1-4-8-19/h1,3-4,7-8,10-13,23H,2,5-6,9,14-18H2. The second kappa shape index (κ2) is 9.85. The molecule has 1 N–H and O–H groups in total. The monoisotopic (exact) mass is 400 g/mol. The third kappa shape index (κ3) is 5.91. The van der Waals surface area contributed by atoms with Gasteiger partial charge in [-0.1, -0.05) is 36.8 Å². The number of Topliss-reactive ketones (excluding diaryl/α,β-unsaturated/α-hetero) is 1. The van der Waals surface area contributed by atoms with Crippen LogP contribution in [0.25, 0.3) is 0 Å². The summed E-state index contributed by atoms with van der Waals surface area (Å²) < 4.78 is 27.6. The second-order valence-electron chi connectivity index (χ2n) is 7.21. The van der Waals surface area contributed by atoms with E-state index in [1.807, 2.05) is 30.3 Å². The minimum atomic E-state index is -3.48. The minimum Gasteiger partial charge on any atom is -0.371 e. The van der Waals surface area contributed by atoms with Crippen LogP contribution in [0.5, 0.6) is 0 Å². The van der Waals surface area contributed by atoms with E-state index in [4.69, 9.17) is 0 Å². The number of carbonyl (C=O) groups excluding carboxylic acids is 1. The summed E-state index contributed by atoms with van der Waals surface area (Å²) >= 11 is 0. The second-order valence-corrected chi connectivity index (χ2v) is 8.98. The maximum absolute atomic E-state index is 12.4. The molecule has 1 aliphatic rings. The molecule has 6 heteroatoms. The predicted octanol–water partition coefficient (Wildman–Crippen LogP) is 3.55. The lowest BCUT2D eigenvalue weighted by Crippen LogP contribution is -2.33. The number of hydrogen-bond acceptors (Lipinski definition) is 4. The number of unbranched alkanes of at least 4 members (excludes halogenated alkanes) is 2. The third-order valence-corrected chi connectivity index (χ3v) is 6.59. The van der Waals surface area contributed by atoms with E-state index in [1.165, 1.54) is 5.56 Å². The molecule has 0 aromatic heterocycles. The molecule has 0 amide bonds. The highest BCUT2D eigenvalue weighted by molar-refractivity contribution is 7.89. The van der Waals surface area contributed by atoms with Crippen LogP contribution in [0.1, 0.15) is 37.7 Å². The Morgan fingerprint density at radius 1 is 0.857 bits per heavy atom. The first kappa shape index (κ1) is 20.6. The van der Waals surface area contributed by atoms with Crippen molar-refractivity contribution in [3.63, 3.8) is 0 Å². The number of sulfonamides is 1. The number of benzene rings is 2. The van der Waals surface area contributed by atoms with Crippen molar-refractivity contribution in [2.24, 2.45) is 0 Å². The van der Waals surface area contributed by atoms with Crippen molar-refractivity contribution in [3.8, 4) is 0 Å². The molecule has 2 aromatic rings. The van der Waals surface area contributed by atoms with Crippen LogP contribution in [0.2, 0.25) is 0 Å². The molecule has 28 heavy (non-hydrogen) atoms. The van der Waals surface area contributed by atoms with E-state index < -0.39 is 10.0 Å². The molecule has 2 aromatic carbocycles. The van der Waals surface area contributed by atoms with Gasteiger partial charge in [0.1, 0.15) is 5.78 Å². The Balaban J connectivity index is 1.42. The average molecular weight is 401 g/mol. The molecule has 150 valence electrons. The van der Waals surface area contributed by atoms with Gasteiger partial charge in [0.25, 0.3) is 0 Å². The van der Waals surface area contributed by atoms with E-state index in [1.54, 1.807) is 12.1 Å². The summed E-state index contributed by atoms with van der Waals surface area (Å²) in [6.45, 7) is 1.85. The van der Waals surface area contributed by atoms with Crippen molar-refractivity contribution in [2.75, 3.05) is 24.5 Å². The van der Waals surface area contributed by atoms with Gasteiger partial charge < -0.3 is 4.90 Å². The SMILES string of the molecule is O=C1CCN(c2ccc(S(=O)(=O)NCCCCCc3ccccc3)cc2)CC1. The van der Waals surface area contributed by atoms with Gasteiger partial charge in [0.05, 0.1) is 4.90 Å². The van der Waals surface area contributed by atoms with Crippen molar-refractivity contribution in [3.05, 3.63) is 60.2 Å². The largest absolute Gasteiger partial charge is 0.371 e. The average Bonchev–Trinajstić information content (AvgIpc) is 2.72. The number of piperidine rings is 1. The Hall–Kier alpha value is -2.18. The molecule has 0 unspecified atom stereocenters. The van der Waals surface area contributed by atoms with E-state index in [0.29, 0.717) is 38.3 Å². The maximum Gasteiger partial charge on any atom is 0.240 e. The van der Waals surface area contributed by atoms with Gasteiger partial charge in [-0.25, -0.2) is 13.1 Å². The summed E-state index contributed by atoms with van der Waals surface area (Å²) in [6.07, 6.45) is 5.02. The first-order chi connectivity index (χ1) is 13.5. The molecule has 0 atom stereocenters. The van der Waals surface area contributed by atoms with Gasteiger partial charge in [0.15, 0.2) is 0 Å². The van der Waals surface area contributed by atoms with E-state index in [-0.39, 0.29) is 4.90 Å². The quantitative estimate of drug-likeness (QED) is 0.654. The molecule has 0 aliphatic carbocycles. The van der Waals surface area contributed by atoms with Crippen LogP contribution in [0.15, 0.2) is 59.5 Å². The molecule has 0 spiro atoms. The molecule has 0 bridgehead atoms. The smallest absolute Gasteiger partial charge is 0.240 e. The molecule has 0 saturated carbocycles. The zero-order valence-corrected chi connectivity index (χ0v) is 17.0. The molecular formula is C22H28N2O3S. The molecule has 3 rings (SSSR count). The third-order valence-electron chi connectivity index (χ3n) is 5.11. The molecular weight excluding hydrogens is 372 g/mol. The number of anilines is 1. The van der Waals surface area contributed by atoms with Gasteiger partial charge in [0.2, 0.25) is 10.0 Å². The lowest BCUT2D eigenvalue weighted by atomic mass is 10.1. The summed E-state index contributed by atoms with van der Waals surface area (Å²) in [6, 6.07) is 17.3. The normalized spacial score (nSPS) is 15.0. The van der Waals surface area contributed by atoms with Crippen molar-refractivity contribution in [1.82, 2.24) is 4.72 Å². The number of aryl methyl sites for hydroxylation is 1. The number of ketones is 1. The van der Waals surface area contributed by atoms with E-state index in [0.717, 1.165) is 31.4 Å². The molecule has 1 saturated heterocycles. The Bertz CT molecular complexity index is 854. The fourth-order valence-corrected chi connectivity index (χ4v) is 4.49. The van der Waals surface area contributed by atoms with Crippen LogP contribution in [0.3, 0.4) is 0 Å². The molecule has 1 aliphatic heterocycles. The van der Waals surface area contributed by atoms with Gasteiger partial charge in [0, 0.05) is 38.2 Å². The predicted molar refractivity (Wildman–Crippen MR) is 112 cm³/mol. The minimum absolute atomic E-state index is 0.286. The zero-order chi connectivity index (χ0) is 19.8. The highest BCUT2D eigenvalue weighted by Gasteiger charge is 2.18. The number of rotatable bonds is 9. The van der Waals surface area contributed by atoms with Crippen molar-refractivity contribution in [2.45, 2.75) is 43.4 Å². The summed E-state index contributed by atoms with van der Waals surface area (Å²) in [4.78, 5) is 13.8. The van der Waals surface area contributed by atoms with Crippen molar-refractivity contribution >= 4 is 21.5 Å². The molecule has 1 fully saturated rings. The van der Waals surface area contributed by atoms with E-state index in [2.05, 4.69) is 21.8 Å². The van der Waals surface area contributed by atoms with Crippen molar-refractivity contribution in [1.29, 1.82) is 0 Å². The van der Waals surface area contributed by atoms with Crippen LogP contribution in [-0.4, -0.2) is 33.8 Å². The fraction of sp³-hybridized carbons (Fsp3) is 0.409. The van der Waals surface area contributed by atoms with Crippen LogP contribution >= 0.6 is 0 Å². The van der Waals surface area contributed by atoms with Crippen molar-refractivity contribution < 1.29 is 13.2 Å². The Kier molecular flexibility index (Phi) is 7.23. The summed E-state index contributed by atoms with van der Waals surface area (Å²) in [5.74, 6) is 0.295. The first-order valence-corrected chi connectivity index (χ1v) is 11.4. The number of nitrogens with zero attached hydrogens (tertiary/aromatic N) is 1. The lowest BCUT2D eigenvalue weighted by molar-refractivity contribution is -0.119. The fourth-order valence-electron chi connectivity index (χ4n) is 3.42. The topological polar surface area (TPSA) is 66.5 Å². The van der Waals surface area contributed by atoms with Gasteiger partial charge in [-0.15, -0.1) is 0 Å². The Morgan fingerprint density at radius 3 is 2.21 bits per heavy atom. The molecule has 5 nitrogen and oxygen atoms in total. The van der Waals surface area contributed by atoms with Crippen LogP contribution in [0.4, 0.5) is 5.69 Å². The van der Waals surface area contributed by atoms with Gasteiger partial charge >= 0.3 is 0 Å².